The second-order valence-corrected chi connectivity index (χ2v) is 6.12. The van der Waals surface area contributed by atoms with Gasteiger partial charge in [-0.05, 0) is 48.1 Å². The van der Waals surface area contributed by atoms with Crippen molar-refractivity contribution >= 4 is 33.2 Å². The zero-order valence-electron chi connectivity index (χ0n) is 9.17. The van der Waals surface area contributed by atoms with E-state index in [1.165, 1.54) is 4.88 Å². The SMILES string of the molecule is CC(C)(C)NC(N)=NCc1sccc1Br. The van der Waals surface area contributed by atoms with Crippen molar-refractivity contribution in [3.8, 4) is 0 Å². The molecule has 0 spiro atoms. The Kier molecular flexibility index (Phi) is 4.16. The van der Waals surface area contributed by atoms with Gasteiger partial charge in [0.05, 0.1) is 6.54 Å². The monoisotopic (exact) mass is 289 g/mol. The second kappa shape index (κ2) is 4.99. The number of hydrogen-bond donors (Lipinski definition) is 2. The Morgan fingerprint density at radius 2 is 2.27 bits per heavy atom. The van der Waals surface area contributed by atoms with Gasteiger partial charge >= 0.3 is 0 Å². The molecule has 0 radical (unpaired) electrons. The Balaban J connectivity index is 2.55. The van der Waals surface area contributed by atoms with E-state index in [9.17, 15) is 0 Å². The van der Waals surface area contributed by atoms with Gasteiger partial charge < -0.3 is 11.1 Å². The van der Waals surface area contributed by atoms with E-state index in [2.05, 4.69) is 47.0 Å². The summed E-state index contributed by atoms with van der Waals surface area (Å²) in [5, 5.41) is 5.15. The maximum atomic E-state index is 5.75. The summed E-state index contributed by atoms with van der Waals surface area (Å²) in [5.74, 6) is 0.489. The van der Waals surface area contributed by atoms with E-state index in [0.717, 1.165) is 4.47 Å². The minimum absolute atomic E-state index is 0.0414. The molecule has 84 valence electrons. The molecule has 0 atom stereocenters. The van der Waals surface area contributed by atoms with Crippen LogP contribution in [-0.4, -0.2) is 11.5 Å². The molecule has 0 aromatic carbocycles. The third-order valence-corrected chi connectivity index (χ3v) is 3.50. The van der Waals surface area contributed by atoms with E-state index in [1.807, 2.05) is 11.4 Å². The number of halogens is 1. The smallest absolute Gasteiger partial charge is 0.189 e. The van der Waals surface area contributed by atoms with Crippen molar-refractivity contribution in [2.75, 3.05) is 0 Å². The van der Waals surface area contributed by atoms with Crippen molar-refractivity contribution in [3.63, 3.8) is 0 Å². The summed E-state index contributed by atoms with van der Waals surface area (Å²) in [6.45, 7) is 6.77. The molecule has 1 aromatic heterocycles. The number of thiophene rings is 1. The molecule has 1 aromatic rings. The molecule has 0 saturated heterocycles. The summed E-state index contributed by atoms with van der Waals surface area (Å²) in [4.78, 5) is 5.47. The van der Waals surface area contributed by atoms with Crippen LogP contribution in [0.15, 0.2) is 20.9 Å². The Morgan fingerprint density at radius 1 is 1.60 bits per heavy atom. The average Bonchev–Trinajstić information content (AvgIpc) is 2.44. The number of nitrogens with two attached hydrogens (primary N) is 1. The first kappa shape index (κ1) is 12.5. The van der Waals surface area contributed by atoms with Crippen LogP contribution in [0.25, 0.3) is 0 Å². The first-order valence-electron chi connectivity index (χ1n) is 4.68. The van der Waals surface area contributed by atoms with Crippen LogP contribution in [0.5, 0.6) is 0 Å². The van der Waals surface area contributed by atoms with Crippen LogP contribution in [0, 0.1) is 0 Å². The highest BCUT2D eigenvalue weighted by Gasteiger charge is 2.09. The minimum Gasteiger partial charge on any atom is -0.370 e. The third kappa shape index (κ3) is 4.66. The molecule has 15 heavy (non-hydrogen) atoms. The molecule has 0 aliphatic rings. The highest BCUT2D eigenvalue weighted by atomic mass is 79.9. The summed E-state index contributed by atoms with van der Waals surface area (Å²) >= 11 is 5.13. The summed E-state index contributed by atoms with van der Waals surface area (Å²) in [6, 6.07) is 2.02. The largest absolute Gasteiger partial charge is 0.370 e. The topological polar surface area (TPSA) is 50.4 Å². The number of guanidine groups is 1. The van der Waals surface area contributed by atoms with Gasteiger partial charge in [-0.15, -0.1) is 11.3 Å². The Labute approximate surface area is 103 Å². The molecule has 0 unspecified atom stereocenters. The van der Waals surface area contributed by atoms with Crippen LogP contribution in [0.4, 0.5) is 0 Å². The van der Waals surface area contributed by atoms with E-state index in [1.54, 1.807) is 11.3 Å². The van der Waals surface area contributed by atoms with Gasteiger partial charge in [-0.1, -0.05) is 0 Å². The molecule has 0 fully saturated rings. The van der Waals surface area contributed by atoms with Crippen molar-refractivity contribution in [2.45, 2.75) is 32.9 Å². The zero-order valence-corrected chi connectivity index (χ0v) is 11.6. The highest BCUT2D eigenvalue weighted by molar-refractivity contribution is 9.10. The van der Waals surface area contributed by atoms with Gasteiger partial charge in [-0.3, -0.25) is 0 Å². The number of hydrogen-bond acceptors (Lipinski definition) is 2. The van der Waals surface area contributed by atoms with Crippen molar-refractivity contribution < 1.29 is 0 Å². The first-order chi connectivity index (χ1) is 6.88. The molecule has 0 bridgehead atoms. The van der Waals surface area contributed by atoms with E-state index in [-0.39, 0.29) is 5.54 Å². The highest BCUT2D eigenvalue weighted by Crippen LogP contribution is 2.23. The van der Waals surface area contributed by atoms with Crippen molar-refractivity contribution in [3.05, 3.63) is 20.8 Å². The quantitative estimate of drug-likeness (QED) is 0.650. The summed E-state index contributed by atoms with van der Waals surface area (Å²) in [6.07, 6.45) is 0. The van der Waals surface area contributed by atoms with Crippen LogP contribution in [0.3, 0.4) is 0 Å². The predicted molar refractivity (Wildman–Crippen MR) is 70.2 cm³/mol. The number of rotatable bonds is 2. The summed E-state index contributed by atoms with van der Waals surface area (Å²) in [7, 11) is 0. The molecule has 3 N–H and O–H groups in total. The normalized spacial score (nSPS) is 12.9. The lowest BCUT2D eigenvalue weighted by atomic mass is 10.1. The van der Waals surface area contributed by atoms with Gasteiger partial charge in [0.15, 0.2) is 5.96 Å². The van der Waals surface area contributed by atoms with Crippen molar-refractivity contribution in [2.24, 2.45) is 10.7 Å². The van der Waals surface area contributed by atoms with E-state index in [0.29, 0.717) is 12.5 Å². The molecule has 0 saturated carbocycles. The third-order valence-electron chi connectivity index (χ3n) is 1.59. The standard InChI is InChI=1S/C10H16BrN3S/c1-10(2,3)14-9(12)13-6-8-7(11)4-5-15-8/h4-5H,6H2,1-3H3,(H3,12,13,14). The molecular formula is C10H16BrN3S. The lowest BCUT2D eigenvalue weighted by Crippen LogP contribution is -2.44. The molecule has 0 amide bonds. The lowest BCUT2D eigenvalue weighted by Gasteiger charge is -2.20. The molecule has 1 rings (SSSR count). The van der Waals surface area contributed by atoms with Gasteiger partial charge in [0.2, 0.25) is 0 Å². The Morgan fingerprint density at radius 3 is 2.73 bits per heavy atom. The fourth-order valence-corrected chi connectivity index (χ4v) is 2.42. The fourth-order valence-electron chi connectivity index (χ4n) is 1.02. The Hall–Kier alpha value is -0.550. The van der Waals surface area contributed by atoms with E-state index >= 15 is 0 Å². The van der Waals surface area contributed by atoms with E-state index in [4.69, 9.17) is 5.73 Å². The second-order valence-electron chi connectivity index (χ2n) is 4.27. The number of nitrogens with zero attached hydrogens (tertiary/aromatic N) is 1. The van der Waals surface area contributed by atoms with Crippen LogP contribution < -0.4 is 11.1 Å². The van der Waals surface area contributed by atoms with Crippen LogP contribution >= 0.6 is 27.3 Å². The van der Waals surface area contributed by atoms with Crippen LogP contribution in [0.2, 0.25) is 0 Å². The molecule has 0 aliphatic heterocycles. The lowest BCUT2D eigenvalue weighted by molar-refractivity contribution is 0.508. The van der Waals surface area contributed by atoms with Gasteiger partial charge in [0.25, 0.3) is 0 Å². The number of nitrogens with one attached hydrogen (secondary N) is 1. The zero-order chi connectivity index (χ0) is 11.5. The van der Waals surface area contributed by atoms with Gasteiger partial charge in [-0.2, -0.15) is 0 Å². The molecule has 1 heterocycles. The maximum absolute atomic E-state index is 5.75. The minimum atomic E-state index is -0.0414. The van der Waals surface area contributed by atoms with Gasteiger partial charge in [0, 0.05) is 14.9 Å². The average molecular weight is 290 g/mol. The number of aliphatic imine (C=N–C) groups is 1. The molecule has 5 heteroatoms. The van der Waals surface area contributed by atoms with Crippen molar-refractivity contribution in [1.29, 1.82) is 0 Å². The van der Waals surface area contributed by atoms with E-state index < -0.39 is 0 Å². The summed E-state index contributed by atoms with van der Waals surface area (Å²) < 4.78 is 1.10. The van der Waals surface area contributed by atoms with Gasteiger partial charge in [-0.25, -0.2) is 4.99 Å². The summed E-state index contributed by atoms with van der Waals surface area (Å²) in [5.41, 5.74) is 5.71. The molecule has 0 aliphatic carbocycles. The molecule has 3 nitrogen and oxygen atoms in total. The predicted octanol–water partition coefficient (Wildman–Crippen LogP) is 2.71. The fraction of sp³-hybridized carbons (Fsp3) is 0.500. The van der Waals surface area contributed by atoms with Crippen LogP contribution in [0.1, 0.15) is 25.6 Å². The van der Waals surface area contributed by atoms with Crippen LogP contribution in [-0.2, 0) is 6.54 Å². The first-order valence-corrected chi connectivity index (χ1v) is 6.36. The Bertz CT molecular complexity index is 352. The maximum Gasteiger partial charge on any atom is 0.189 e. The van der Waals surface area contributed by atoms with Crippen molar-refractivity contribution in [1.82, 2.24) is 5.32 Å². The van der Waals surface area contributed by atoms with Gasteiger partial charge in [0.1, 0.15) is 0 Å². The molecular weight excluding hydrogens is 274 g/mol.